The third-order valence-electron chi connectivity index (χ3n) is 4.56. The number of benzene rings is 2. The molecular weight excluding hydrogens is 366 g/mol. The van der Waals surface area contributed by atoms with Crippen LogP contribution < -0.4 is 10.1 Å². The van der Waals surface area contributed by atoms with Crippen molar-refractivity contribution in [2.75, 3.05) is 0 Å². The van der Waals surface area contributed by atoms with E-state index in [1.807, 2.05) is 55.5 Å². The molecule has 0 unspecified atom stereocenters. The van der Waals surface area contributed by atoms with Crippen molar-refractivity contribution < 1.29 is 14.1 Å². The summed E-state index contributed by atoms with van der Waals surface area (Å²) in [6.07, 6.45) is -0.644. The third-order valence-corrected chi connectivity index (χ3v) is 4.56. The molecule has 0 bridgehead atoms. The zero-order chi connectivity index (χ0) is 21.0. The molecule has 6 heteroatoms. The summed E-state index contributed by atoms with van der Waals surface area (Å²) < 4.78 is 11.0. The number of carbonyl (C=O) groups excluding carboxylic acids is 1. The molecule has 0 spiro atoms. The minimum atomic E-state index is -0.644. The number of nitrogens with one attached hydrogen (secondary N) is 1. The Hall–Kier alpha value is -3.15. The second-order valence-corrected chi connectivity index (χ2v) is 8.13. The average molecular weight is 393 g/mol. The van der Waals surface area contributed by atoms with Gasteiger partial charge in [-0.3, -0.25) is 4.79 Å². The number of ether oxygens (including phenoxy) is 1. The molecule has 152 valence electrons. The van der Waals surface area contributed by atoms with Gasteiger partial charge in [-0.1, -0.05) is 61.8 Å². The van der Waals surface area contributed by atoms with Gasteiger partial charge in [-0.15, -0.1) is 0 Å². The molecule has 1 heterocycles. The van der Waals surface area contributed by atoms with Crippen LogP contribution in [0.15, 0.2) is 53.1 Å². The van der Waals surface area contributed by atoms with Crippen molar-refractivity contribution in [3.63, 3.8) is 0 Å². The first-order valence-electron chi connectivity index (χ1n) is 9.67. The number of aromatic nitrogens is 2. The zero-order valence-electron chi connectivity index (χ0n) is 17.5. The molecule has 0 saturated heterocycles. The summed E-state index contributed by atoms with van der Waals surface area (Å²) in [4.78, 5) is 16.7. The molecular formula is C23H27N3O3. The summed E-state index contributed by atoms with van der Waals surface area (Å²) in [6.45, 7) is 10.3. The predicted molar refractivity (Wildman–Crippen MR) is 112 cm³/mol. The number of hydrogen-bond donors (Lipinski definition) is 1. The monoisotopic (exact) mass is 393 g/mol. The maximum Gasteiger partial charge on any atom is 0.261 e. The van der Waals surface area contributed by atoms with Crippen LogP contribution in [0.1, 0.15) is 44.7 Å². The third kappa shape index (κ3) is 5.44. The highest BCUT2D eigenvalue weighted by molar-refractivity contribution is 5.80. The molecule has 0 saturated carbocycles. The summed E-state index contributed by atoms with van der Waals surface area (Å²) in [5, 5.41) is 6.75. The lowest BCUT2D eigenvalue weighted by molar-refractivity contribution is -0.127. The maximum atomic E-state index is 12.3. The van der Waals surface area contributed by atoms with Crippen LogP contribution in [-0.4, -0.2) is 22.2 Å². The number of aryl methyl sites for hydroxylation is 1. The van der Waals surface area contributed by atoms with Gasteiger partial charge in [0.1, 0.15) is 5.75 Å². The molecule has 0 aliphatic carbocycles. The van der Waals surface area contributed by atoms with Gasteiger partial charge in [0.05, 0.1) is 6.54 Å². The summed E-state index contributed by atoms with van der Waals surface area (Å²) in [7, 11) is 0. The standard InChI is InChI=1S/C23H27N3O3/c1-15-7-6-8-17(13-15)21-25-20(29-26-21)14-24-22(27)16(2)28-19-11-9-18(10-12-19)23(3,4)5/h6-13,16H,14H2,1-5H3,(H,24,27)/t16-/m0/s1. The van der Waals surface area contributed by atoms with Gasteiger partial charge in [0, 0.05) is 5.56 Å². The molecule has 1 amide bonds. The van der Waals surface area contributed by atoms with Gasteiger partial charge in [0.15, 0.2) is 6.10 Å². The van der Waals surface area contributed by atoms with Gasteiger partial charge in [-0.2, -0.15) is 4.98 Å². The van der Waals surface area contributed by atoms with Crippen molar-refractivity contribution in [1.29, 1.82) is 0 Å². The lowest BCUT2D eigenvalue weighted by atomic mass is 9.87. The number of nitrogens with zero attached hydrogens (tertiary/aromatic N) is 2. The fraction of sp³-hybridized carbons (Fsp3) is 0.348. The molecule has 0 radical (unpaired) electrons. The van der Waals surface area contributed by atoms with E-state index < -0.39 is 6.10 Å². The molecule has 0 aliphatic heterocycles. The van der Waals surface area contributed by atoms with E-state index in [0.717, 1.165) is 11.1 Å². The van der Waals surface area contributed by atoms with Crippen molar-refractivity contribution in [2.24, 2.45) is 0 Å². The van der Waals surface area contributed by atoms with Gasteiger partial charge >= 0.3 is 0 Å². The number of rotatable bonds is 6. The van der Waals surface area contributed by atoms with Crippen LogP contribution in [-0.2, 0) is 16.8 Å². The number of carbonyl (C=O) groups is 1. The predicted octanol–water partition coefficient (Wildman–Crippen LogP) is 4.43. The van der Waals surface area contributed by atoms with Gasteiger partial charge in [0.2, 0.25) is 11.7 Å². The molecule has 1 N–H and O–H groups in total. The molecule has 29 heavy (non-hydrogen) atoms. The van der Waals surface area contributed by atoms with E-state index in [4.69, 9.17) is 9.26 Å². The van der Waals surface area contributed by atoms with Crippen LogP contribution >= 0.6 is 0 Å². The molecule has 0 fully saturated rings. The lowest BCUT2D eigenvalue weighted by Crippen LogP contribution is -2.36. The smallest absolute Gasteiger partial charge is 0.261 e. The van der Waals surface area contributed by atoms with E-state index in [1.54, 1.807) is 6.92 Å². The summed E-state index contributed by atoms with van der Waals surface area (Å²) >= 11 is 0. The highest BCUT2D eigenvalue weighted by Gasteiger charge is 2.17. The minimum absolute atomic E-state index is 0.0723. The van der Waals surface area contributed by atoms with Crippen molar-refractivity contribution >= 4 is 5.91 Å². The second-order valence-electron chi connectivity index (χ2n) is 8.13. The Morgan fingerprint density at radius 3 is 2.55 bits per heavy atom. The molecule has 2 aromatic carbocycles. The molecule has 1 aromatic heterocycles. The van der Waals surface area contributed by atoms with Crippen LogP contribution in [0.25, 0.3) is 11.4 Å². The highest BCUT2D eigenvalue weighted by atomic mass is 16.5. The average Bonchev–Trinajstić information content (AvgIpc) is 3.15. The van der Waals surface area contributed by atoms with Crippen LogP contribution in [0.4, 0.5) is 0 Å². The van der Waals surface area contributed by atoms with Gasteiger partial charge in [-0.05, 0) is 43.0 Å². The fourth-order valence-electron chi connectivity index (χ4n) is 2.83. The summed E-state index contributed by atoms with van der Waals surface area (Å²) in [5.41, 5.74) is 3.27. The van der Waals surface area contributed by atoms with Crippen LogP contribution in [0.3, 0.4) is 0 Å². The first kappa shape index (κ1) is 20.6. The Bertz CT molecular complexity index is 972. The lowest BCUT2D eigenvalue weighted by Gasteiger charge is -2.20. The summed E-state index contributed by atoms with van der Waals surface area (Å²) in [6, 6.07) is 15.6. The van der Waals surface area contributed by atoms with Crippen LogP contribution in [0.5, 0.6) is 5.75 Å². The zero-order valence-corrected chi connectivity index (χ0v) is 17.5. The Morgan fingerprint density at radius 1 is 1.17 bits per heavy atom. The van der Waals surface area contributed by atoms with Crippen molar-refractivity contribution in [2.45, 2.75) is 52.7 Å². The molecule has 3 rings (SSSR count). The van der Waals surface area contributed by atoms with Crippen LogP contribution in [0, 0.1) is 6.92 Å². The van der Waals surface area contributed by atoms with E-state index in [0.29, 0.717) is 17.5 Å². The fourth-order valence-corrected chi connectivity index (χ4v) is 2.83. The SMILES string of the molecule is Cc1cccc(-c2noc(CNC(=O)[C@H](C)Oc3ccc(C(C)(C)C)cc3)n2)c1. The first-order chi connectivity index (χ1) is 13.7. The molecule has 3 aromatic rings. The van der Waals surface area contributed by atoms with Crippen molar-refractivity contribution in [1.82, 2.24) is 15.5 Å². The van der Waals surface area contributed by atoms with E-state index in [9.17, 15) is 4.79 Å². The maximum absolute atomic E-state index is 12.3. The normalized spacial score (nSPS) is 12.4. The largest absolute Gasteiger partial charge is 0.481 e. The molecule has 1 atom stereocenters. The van der Waals surface area contributed by atoms with E-state index in [-0.39, 0.29) is 17.9 Å². The Morgan fingerprint density at radius 2 is 1.90 bits per heavy atom. The summed E-state index contributed by atoms with van der Waals surface area (Å²) in [5.74, 6) is 1.25. The van der Waals surface area contributed by atoms with Crippen molar-refractivity contribution in [3.8, 4) is 17.1 Å². The van der Waals surface area contributed by atoms with Gasteiger partial charge in [-0.25, -0.2) is 0 Å². The highest BCUT2D eigenvalue weighted by Crippen LogP contribution is 2.24. The Labute approximate surface area is 171 Å². The van der Waals surface area contributed by atoms with Crippen molar-refractivity contribution in [3.05, 3.63) is 65.5 Å². The number of amides is 1. The van der Waals surface area contributed by atoms with Gasteiger partial charge in [0.25, 0.3) is 5.91 Å². The molecule has 6 nitrogen and oxygen atoms in total. The number of hydrogen-bond acceptors (Lipinski definition) is 5. The Kier molecular flexibility index (Phi) is 6.01. The molecule has 0 aliphatic rings. The topological polar surface area (TPSA) is 77.2 Å². The second kappa shape index (κ2) is 8.47. The van der Waals surface area contributed by atoms with E-state index in [1.165, 1.54) is 5.56 Å². The minimum Gasteiger partial charge on any atom is -0.481 e. The van der Waals surface area contributed by atoms with E-state index in [2.05, 4.69) is 36.2 Å². The first-order valence-corrected chi connectivity index (χ1v) is 9.67. The Balaban J connectivity index is 1.54. The van der Waals surface area contributed by atoms with Crippen LogP contribution in [0.2, 0.25) is 0 Å². The quantitative estimate of drug-likeness (QED) is 0.670. The van der Waals surface area contributed by atoms with E-state index >= 15 is 0 Å². The van der Waals surface area contributed by atoms with Gasteiger partial charge < -0.3 is 14.6 Å².